The van der Waals surface area contributed by atoms with Crippen LogP contribution in [-0.4, -0.2) is 28.2 Å². The van der Waals surface area contributed by atoms with Gasteiger partial charge in [0.15, 0.2) is 0 Å². The fourth-order valence-corrected chi connectivity index (χ4v) is 1.66. The Morgan fingerprint density at radius 3 is 2.94 bits per heavy atom. The summed E-state index contributed by atoms with van der Waals surface area (Å²) in [7, 11) is 0. The van der Waals surface area contributed by atoms with E-state index in [0.29, 0.717) is 13.1 Å². The number of H-pyrrole nitrogens is 1. The van der Waals surface area contributed by atoms with Gasteiger partial charge in [-0.05, 0) is 18.2 Å². The Kier molecular flexibility index (Phi) is 3.72. The molecule has 2 aromatic rings. The van der Waals surface area contributed by atoms with Crippen molar-refractivity contribution in [2.45, 2.75) is 6.54 Å². The van der Waals surface area contributed by atoms with E-state index in [1.165, 1.54) is 12.1 Å². The summed E-state index contributed by atoms with van der Waals surface area (Å²) >= 11 is 0. The number of anilines is 1. The third-order valence-electron chi connectivity index (χ3n) is 2.44. The van der Waals surface area contributed by atoms with Gasteiger partial charge in [-0.1, -0.05) is 6.07 Å². The molecule has 0 saturated carbocycles. The number of rotatable bonds is 5. The number of benzene rings is 1. The molecule has 1 heterocycles. The van der Waals surface area contributed by atoms with Crippen LogP contribution < -0.4 is 4.90 Å². The molecule has 1 aromatic carbocycles. The SMILES string of the molecule is OCCN(Cc1ncc[nH]1)c1cccc(F)c1. The number of aromatic amines is 1. The van der Waals surface area contributed by atoms with Crippen LogP contribution in [0.4, 0.5) is 10.1 Å². The maximum Gasteiger partial charge on any atom is 0.125 e. The quantitative estimate of drug-likeness (QED) is 0.826. The standard InChI is InChI=1S/C12H14FN3O/c13-10-2-1-3-11(8-10)16(6-7-17)9-12-14-4-5-15-12/h1-5,8,17H,6-7,9H2,(H,14,15). The molecule has 2 rings (SSSR count). The summed E-state index contributed by atoms with van der Waals surface area (Å²) in [6, 6.07) is 6.30. The number of nitrogens with zero attached hydrogens (tertiary/aromatic N) is 2. The zero-order chi connectivity index (χ0) is 12.1. The smallest absolute Gasteiger partial charge is 0.125 e. The van der Waals surface area contributed by atoms with E-state index in [9.17, 15) is 4.39 Å². The normalized spacial score (nSPS) is 10.5. The molecule has 2 N–H and O–H groups in total. The highest BCUT2D eigenvalue weighted by Gasteiger charge is 2.08. The van der Waals surface area contributed by atoms with Crippen molar-refractivity contribution in [3.05, 3.63) is 48.3 Å². The lowest BCUT2D eigenvalue weighted by Gasteiger charge is -2.22. The van der Waals surface area contributed by atoms with Crippen molar-refractivity contribution in [1.82, 2.24) is 9.97 Å². The fourth-order valence-electron chi connectivity index (χ4n) is 1.66. The monoisotopic (exact) mass is 235 g/mol. The van der Waals surface area contributed by atoms with Gasteiger partial charge in [-0.25, -0.2) is 9.37 Å². The first-order valence-corrected chi connectivity index (χ1v) is 5.39. The highest BCUT2D eigenvalue weighted by molar-refractivity contribution is 5.46. The van der Waals surface area contributed by atoms with E-state index in [4.69, 9.17) is 5.11 Å². The second-order valence-corrected chi connectivity index (χ2v) is 3.66. The average Bonchev–Trinajstić information content (AvgIpc) is 2.81. The van der Waals surface area contributed by atoms with Crippen LogP contribution in [-0.2, 0) is 6.54 Å². The van der Waals surface area contributed by atoms with Crippen molar-refractivity contribution >= 4 is 5.69 Å². The van der Waals surface area contributed by atoms with Gasteiger partial charge < -0.3 is 15.0 Å². The van der Waals surface area contributed by atoms with Gasteiger partial charge in [0.2, 0.25) is 0 Å². The minimum atomic E-state index is -0.287. The molecule has 0 aliphatic carbocycles. The van der Waals surface area contributed by atoms with Crippen LogP contribution in [0.5, 0.6) is 0 Å². The molecule has 0 fully saturated rings. The molecule has 4 nitrogen and oxygen atoms in total. The molecular formula is C12H14FN3O. The number of aromatic nitrogens is 2. The van der Waals surface area contributed by atoms with Gasteiger partial charge in [-0.15, -0.1) is 0 Å². The van der Waals surface area contributed by atoms with Crippen LogP contribution in [0, 0.1) is 5.82 Å². The predicted molar refractivity (Wildman–Crippen MR) is 63.1 cm³/mol. The summed E-state index contributed by atoms with van der Waals surface area (Å²) in [5.74, 6) is 0.493. The molecule has 0 amide bonds. The minimum Gasteiger partial charge on any atom is -0.395 e. The van der Waals surface area contributed by atoms with E-state index >= 15 is 0 Å². The van der Waals surface area contributed by atoms with E-state index in [2.05, 4.69) is 9.97 Å². The van der Waals surface area contributed by atoms with Crippen LogP contribution in [0.3, 0.4) is 0 Å². The van der Waals surface area contributed by atoms with Crippen molar-refractivity contribution in [3.63, 3.8) is 0 Å². The summed E-state index contributed by atoms with van der Waals surface area (Å²) in [5.41, 5.74) is 0.732. The Hall–Kier alpha value is -1.88. The summed E-state index contributed by atoms with van der Waals surface area (Å²) in [4.78, 5) is 8.96. The van der Waals surface area contributed by atoms with Gasteiger partial charge in [-0.3, -0.25) is 0 Å². The Balaban J connectivity index is 2.16. The van der Waals surface area contributed by atoms with Gasteiger partial charge in [0.25, 0.3) is 0 Å². The average molecular weight is 235 g/mol. The van der Waals surface area contributed by atoms with Gasteiger partial charge in [0, 0.05) is 24.6 Å². The highest BCUT2D eigenvalue weighted by Crippen LogP contribution is 2.16. The third-order valence-corrected chi connectivity index (χ3v) is 2.44. The van der Waals surface area contributed by atoms with Crippen LogP contribution >= 0.6 is 0 Å². The first-order valence-electron chi connectivity index (χ1n) is 5.39. The number of aliphatic hydroxyl groups excluding tert-OH is 1. The number of hydrogen-bond donors (Lipinski definition) is 2. The molecule has 0 bridgehead atoms. The maximum atomic E-state index is 13.1. The van der Waals surface area contributed by atoms with Crippen LogP contribution in [0.2, 0.25) is 0 Å². The largest absolute Gasteiger partial charge is 0.395 e. The van der Waals surface area contributed by atoms with E-state index in [0.717, 1.165) is 11.5 Å². The second-order valence-electron chi connectivity index (χ2n) is 3.66. The molecule has 90 valence electrons. The molecule has 17 heavy (non-hydrogen) atoms. The Morgan fingerprint density at radius 2 is 2.29 bits per heavy atom. The van der Waals surface area contributed by atoms with Crippen molar-refractivity contribution in [3.8, 4) is 0 Å². The first-order chi connectivity index (χ1) is 8.29. The Bertz CT molecular complexity index is 459. The third kappa shape index (κ3) is 3.04. The van der Waals surface area contributed by atoms with Gasteiger partial charge in [0.1, 0.15) is 11.6 Å². The second kappa shape index (κ2) is 5.45. The molecule has 1 aromatic heterocycles. The number of hydrogen-bond acceptors (Lipinski definition) is 3. The fraction of sp³-hybridized carbons (Fsp3) is 0.250. The Morgan fingerprint density at radius 1 is 1.41 bits per heavy atom. The summed E-state index contributed by atoms with van der Waals surface area (Å²) in [6.45, 7) is 0.957. The van der Waals surface area contributed by atoms with E-state index in [1.807, 2.05) is 11.0 Å². The minimum absolute atomic E-state index is 0.0111. The lowest BCUT2D eigenvalue weighted by atomic mass is 10.2. The zero-order valence-electron chi connectivity index (χ0n) is 9.31. The number of halogens is 1. The summed E-state index contributed by atoms with van der Waals surface area (Å²) < 4.78 is 13.1. The van der Waals surface area contributed by atoms with Crippen molar-refractivity contribution in [2.75, 3.05) is 18.1 Å². The predicted octanol–water partition coefficient (Wildman–Crippen LogP) is 1.55. The molecule has 0 aliphatic rings. The van der Waals surface area contributed by atoms with Crippen LogP contribution in [0.25, 0.3) is 0 Å². The zero-order valence-corrected chi connectivity index (χ0v) is 9.31. The molecule has 0 saturated heterocycles. The molecule has 0 spiro atoms. The first kappa shape index (κ1) is 11.6. The molecule has 5 heteroatoms. The maximum absolute atomic E-state index is 13.1. The number of imidazole rings is 1. The van der Waals surface area contributed by atoms with E-state index in [-0.39, 0.29) is 12.4 Å². The molecule has 0 aliphatic heterocycles. The number of aliphatic hydroxyl groups is 1. The van der Waals surface area contributed by atoms with Crippen molar-refractivity contribution in [1.29, 1.82) is 0 Å². The molecular weight excluding hydrogens is 221 g/mol. The van der Waals surface area contributed by atoms with Gasteiger partial charge >= 0.3 is 0 Å². The highest BCUT2D eigenvalue weighted by atomic mass is 19.1. The lowest BCUT2D eigenvalue weighted by Crippen LogP contribution is -2.26. The summed E-state index contributed by atoms with van der Waals surface area (Å²) in [6.07, 6.45) is 3.40. The summed E-state index contributed by atoms with van der Waals surface area (Å²) in [5, 5.41) is 9.03. The lowest BCUT2D eigenvalue weighted by molar-refractivity contribution is 0.301. The molecule has 0 unspecified atom stereocenters. The number of nitrogens with one attached hydrogen (secondary N) is 1. The molecule has 0 radical (unpaired) electrons. The van der Waals surface area contributed by atoms with Crippen molar-refractivity contribution in [2.24, 2.45) is 0 Å². The van der Waals surface area contributed by atoms with Crippen LogP contribution in [0.1, 0.15) is 5.82 Å². The van der Waals surface area contributed by atoms with E-state index < -0.39 is 0 Å². The van der Waals surface area contributed by atoms with Crippen LogP contribution in [0.15, 0.2) is 36.7 Å². The van der Waals surface area contributed by atoms with Crippen molar-refractivity contribution < 1.29 is 9.50 Å². The van der Waals surface area contributed by atoms with E-state index in [1.54, 1.807) is 18.5 Å². The van der Waals surface area contributed by atoms with Gasteiger partial charge in [0.05, 0.1) is 13.2 Å². The molecule has 0 atom stereocenters. The Labute approximate surface area is 98.7 Å². The topological polar surface area (TPSA) is 52.1 Å². The van der Waals surface area contributed by atoms with Gasteiger partial charge in [-0.2, -0.15) is 0 Å².